The molecule has 0 saturated carbocycles. The lowest BCUT2D eigenvalue weighted by atomic mass is 10.1. The van der Waals surface area contributed by atoms with Crippen molar-refractivity contribution in [3.05, 3.63) is 144 Å². The van der Waals surface area contributed by atoms with Gasteiger partial charge in [0.25, 0.3) is 0 Å². The van der Waals surface area contributed by atoms with Crippen LogP contribution in [0.5, 0.6) is 0 Å². The molecule has 0 bridgehead atoms. The van der Waals surface area contributed by atoms with Gasteiger partial charge >= 0.3 is 6.16 Å². The van der Waals surface area contributed by atoms with Gasteiger partial charge in [-0.15, -0.1) is 0 Å². The largest absolute Gasteiger partial charge is 0.508 e. The zero-order valence-electron chi connectivity index (χ0n) is 23.1. The zero-order valence-corrected chi connectivity index (χ0v) is 23.1. The normalized spacial score (nSPS) is 10.9. The second kappa shape index (κ2) is 12.9. The van der Waals surface area contributed by atoms with Crippen molar-refractivity contribution >= 4 is 6.16 Å². The summed E-state index contributed by atoms with van der Waals surface area (Å²) in [7, 11) is 0. The maximum absolute atomic E-state index is 12.0. The summed E-state index contributed by atoms with van der Waals surface area (Å²) in [6.45, 7) is 7.94. The third kappa shape index (κ3) is 7.47. The summed E-state index contributed by atoms with van der Waals surface area (Å²) < 4.78 is 19.3. The maximum Gasteiger partial charge on any atom is 0.508 e. The van der Waals surface area contributed by atoms with E-state index in [2.05, 4.69) is 99.0 Å². The highest BCUT2D eigenvalue weighted by atomic mass is 16.7. The minimum Gasteiger partial charge on any atom is -0.429 e. The molecule has 2 heterocycles. The molecule has 0 aliphatic rings. The minimum atomic E-state index is -0.666. The first-order valence-corrected chi connectivity index (χ1v) is 13.6. The molecule has 7 heteroatoms. The van der Waals surface area contributed by atoms with E-state index in [1.807, 2.05) is 43.3 Å². The first kappa shape index (κ1) is 26.9. The van der Waals surface area contributed by atoms with E-state index in [-0.39, 0.29) is 13.2 Å². The molecule has 0 aliphatic heterocycles. The number of aryl methyl sites for hydroxylation is 2. The first-order chi connectivity index (χ1) is 19.5. The van der Waals surface area contributed by atoms with Crippen molar-refractivity contribution in [3.8, 4) is 0 Å². The van der Waals surface area contributed by atoms with Gasteiger partial charge < -0.3 is 9.47 Å². The van der Waals surface area contributed by atoms with E-state index >= 15 is 0 Å². The lowest BCUT2D eigenvalue weighted by molar-refractivity contribution is -0.688. The number of benzene rings is 3. The van der Waals surface area contributed by atoms with E-state index in [0.717, 1.165) is 37.3 Å². The number of hydrogen-bond donors (Lipinski definition) is 0. The number of rotatable bonds is 11. The average Bonchev–Trinajstić information content (AvgIpc) is 3.62. The van der Waals surface area contributed by atoms with Gasteiger partial charge in [-0.1, -0.05) is 78.4 Å². The van der Waals surface area contributed by atoms with E-state index in [9.17, 15) is 4.79 Å². The summed E-state index contributed by atoms with van der Waals surface area (Å²) in [5.74, 6) is 0. The Kier molecular flexibility index (Phi) is 8.71. The molecule has 2 aromatic heterocycles. The molecule has 204 valence electrons. The first-order valence-electron chi connectivity index (χ1n) is 13.6. The van der Waals surface area contributed by atoms with Crippen molar-refractivity contribution in [1.29, 1.82) is 0 Å². The van der Waals surface area contributed by atoms with Crippen molar-refractivity contribution in [2.45, 2.75) is 53.2 Å². The molecule has 0 saturated heterocycles. The Hall–Kier alpha value is -4.65. The van der Waals surface area contributed by atoms with Gasteiger partial charge in [0.15, 0.2) is 0 Å². The van der Waals surface area contributed by atoms with Crippen LogP contribution < -0.4 is 9.13 Å². The van der Waals surface area contributed by atoms with Gasteiger partial charge in [-0.25, -0.2) is 23.1 Å². The summed E-state index contributed by atoms with van der Waals surface area (Å²) in [6, 6.07) is 24.6. The van der Waals surface area contributed by atoms with Crippen LogP contribution in [0.1, 0.15) is 40.3 Å². The van der Waals surface area contributed by atoms with E-state index in [1.165, 1.54) is 22.3 Å². The fraction of sp³-hybridized carbons (Fsp3) is 0.242. The number of nitrogens with zero attached hydrogens (tertiary/aromatic N) is 4. The van der Waals surface area contributed by atoms with Crippen LogP contribution in [0.3, 0.4) is 0 Å². The van der Waals surface area contributed by atoms with Gasteiger partial charge in [0.1, 0.15) is 57.6 Å². The molecule has 0 atom stereocenters. The van der Waals surface area contributed by atoms with E-state index in [4.69, 9.17) is 9.47 Å². The van der Waals surface area contributed by atoms with Crippen molar-refractivity contribution in [2.24, 2.45) is 0 Å². The summed E-state index contributed by atoms with van der Waals surface area (Å²) in [6.07, 6.45) is 12.1. The van der Waals surface area contributed by atoms with Crippen molar-refractivity contribution in [2.75, 3.05) is 0 Å². The average molecular weight is 537 g/mol. The second-order valence-corrected chi connectivity index (χ2v) is 10.1. The van der Waals surface area contributed by atoms with Crippen molar-refractivity contribution in [3.63, 3.8) is 0 Å². The van der Waals surface area contributed by atoms with Gasteiger partial charge in [0, 0.05) is 11.1 Å². The van der Waals surface area contributed by atoms with Crippen molar-refractivity contribution < 1.29 is 23.4 Å². The Bertz CT molecular complexity index is 1530. The van der Waals surface area contributed by atoms with Crippen LogP contribution in [-0.4, -0.2) is 15.3 Å². The molecule has 0 spiro atoms. The van der Waals surface area contributed by atoms with E-state index in [0.29, 0.717) is 0 Å². The van der Waals surface area contributed by atoms with Crippen LogP contribution >= 0.6 is 0 Å². The van der Waals surface area contributed by atoms with E-state index in [1.54, 1.807) is 0 Å². The number of carbonyl (C=O) groups is 1. The van der Waals surface area contributed by atoms with Gasteiger partial charge in [0.05, 0.1) is 6.54 Å². The molecule has 0 amide bonds. The third-order valence-corrected chi connectivity index (χ3v) is 6.90. The number of aromatic nitrogens is 4. The van der Waals surface area contributed by atoms with Gasteiger partial charge in [-0.05, 0) is 30.5 Å². The zero-order chi connectivity index (χ0) is 27.7. The Morgan fingerprint density at radius 1 is 0.700 bits per heavy atom. The summed E-state index contributed by atoms with van der Waals surface area (Å²) in [5.41, 5.74) is 6.82. The number of carbonyl (C=O) groups excluding carboxylic acids is 1. The van der Waals surface area contributed by atoms with Crippen LogP contribution in [0.25, 0.3) is 0 Å². The number of imidazole rings is 2. The summed E-state index contributed by atoms with van der Waals surface area (Å²) in [4.78, 5) is 12.0. The summed E-state index contributed by atoms with van der Waals surface area (Å²) >= 11 is 0. The van der Waals surface area contributed by atoms with E-state index < -0.39 is 6.16 Å². The fourth-order valence-corrected chi connectivity index (χ4v) is 4.57. The smallest absolute Gasteiger partial charge is 0.429 e. The standard InChI is InChI=1S/C33H36N4O3/c1-3-34-16-17-36(25-34)21-31-6-4-5-7-32(31)22-37-19-18-35(26-37)20-28-12-14-30(15-13-28)24-40-33(38)39-23-29-10-8-27(2)9-11-29/h4-19,25-26H,3,20-24H2,1-2H3/q+2. The topological polar surface area (TPSA) is 53.2 Å². The molecule has 0 aliphatic carbocycles. The third-order valence-electron chi connectivity index (χ3n) is 6.90. The number of hydrogen-bond acceptors (Lipinski definition) is 3. The van der Waals surface area contributed by atoms with Crippen LogP contribution in [0.2, 0.25) is 0 Å². The molecule has 0 fully saturated rings. The molecular weight excluding hydrogens is 500 g/mol. The molecule has 0 unspecified atom stereocenters. The van der Waals surface area contributed by atoms with Crippen LogP contribution in [0.4, 0.5) is 4.79 Å². The molecule has 3 aromatic carbocycles. The minimum absolute atomic E-state index is 0.178. The highest BCUT2D eigenvalue weighted by Gasteiger charge is 2.12. The highest BCUT2D eigenvalue weighted by Crippen LogP contribution is 2.12. The molecule has 0 radical (unpaired) electrons. The Morgan fingerprint density at radius 2 is 1.25 bits per heavy atom. The lowest BCUT2D eigenvalue weighted by Crippen LogP contribution is -2.32. The molecule has 7 nitrogen and oxygen atoms in total. The van der Waals surface area contributed by atoms with Gasteiger partial charge in [-0.2, -0.15) is 0 Å². The highest BCUT2D eigenvalue weighted by molar-refractivity contribution is 5.60. The second-order valence-electron chi connectivity index (χ2n) is 10.1. The Balaban J connectivity index is 1.11. The molecule has 40 heavy (non-hydrogen) atoms. The SMILES string of the molecule is CCn1cc[n+](Cc2ccccc2Cn2cc[n+](Cc3ccc(COC(=O)OCc4ccc(C)cc4)cc3)c2)c1. The number of ether oxygens (including phenoxy) is 2. The molecule has 5 rings (SSSR count). The lowest BCUT2D eigenvalue weighted by Gasteiger charge is -2.07. The van der Waals surface area contributed by atoms with Gasteiger partial charge in [0.2, 0.25) is 12.7 Å². The van der Waals surface area contributed by atoms with Crippen LogP contribution in [0, 0.1) is 6.92 Å². The molecule has 5 aromatic rings. The van der Waals surface area contributed by atoms with Crippen LogP contribution in [-0.2, 0) is 48.9 Å². The Labute approximate surface area is 235 Å². The maximum atomic E-state index is 12.0. The van der Waals surface area contributed by atoms with Crippen LogP contribution in [0.15, 0.2) is 110 Å². The predicted molar refractivity (Wildman–Crippen MR) is 151 cm³/mol. The Morgan fingerprint density at radius 3 is 1.90 bits per heavy atom. The fourth-order valence-electron chi connectivity index (χ4n) is 4.57. The van der Waals surface area contributed by atoms with Gasteiger partial charge in [-0.3, -0.25) is 0 Å². The quantitative estimate of drug-likeness (QED) is 0.172. The van der Waals surface area contributed by atoms with Crippen molar-refractivity contribution in [1.82, 2.24) is 9.13 Å². The molecular formula is C33H36N4O3+2. The predicted octanol–water partition coefficient (Wildman–Crippen LogP) is 5.19. The summed E-state index contributed by atoms with van der Waals surface area (Å²) in [5, 5.41) is 0. The monoisotopic (exact) mass is 536 g/mol. The molecule has 0 N–H and O–H groups in total.